The lowest BCUT2D eigenvalue weighted by atomic mass is 9.95. The van der Waals surface area contributed by atoms with E-state index in [2.05, 4.69) is 5.16 Å². The molecule has 0 bridgehead atoms. The highest BCUT2D eigenvalue weighted by Crippen LogP contribution is 2.42. The first kappa shape index (κ1) is 17.5. The summed E-state index contributed by atoms with van der Waals surface area (Å²) in [6.45, 7) is 1.69. The van der Waals surface area contributed by atoms with Gasteiger partial charge in [-0.15, -0.1) is 11.3 Å². The Balaban J connectivity index is 1.89. The zero-order valence-electron chi connectivity index (χ0n) is 14.0. The molecule has 1 amide bonds. The molecule has 3 heterocycles. The number of halogens is 1. The summed E-state index contributed by atoms with van der Waals surface area (Å²) in [5, 5.41) is 16.6. The molecule has 1 aliphatic rings. The third kappa shape index (κ3) is 2.94. The summed E-state index contributed by atoms with van der Waals surface area (Å²) in [6.07, 6.45) is 0. The number of nitrogens with zero attached hydrogens (tertiary/aromatic N) is 2. The third-order valence-electron chi connectivity index (χ3n) is 4.22. The molecule has 0 aliphatic carbocycles. The lowest BCUT2D eigenvalue weighted by Crippen LogP contribution is -2.31. The molecule has 27 heavy (non-hydrogen) atoms. The third-order valence-corrected chi connectivity index (χ3v) is 5.33. The van der Waals surface area contributed by atoms with Crippen molar-refractivity contribution in [2.45, 2.75) is 13.0 Å². The molecule has 0 saturated carbocycles. The van der Waals surface area contributed by atoms with Gasteiger partial charge in [0.1, 0.15) is 5.76 Å². The molecule has 2 aromatic heterocycles. The van der Waals surface area contributed by atoms with Crippen molar-refractivity contribution in [3.63, 3.8) is 0 Å². The summed E-state index contributed by atoms with van der Waals surface area (Å²) in [5.41, 5.74) is 0.575. The van der Waals surface area contributed by atoms with E-state index in [1.807, 2.05) is 0 Å². The Morgan fingerprint density at radius 3 is 2.74 bits per heavy atom. The van der Waals surface area contributed by atoms with Crippen LogP contribution in [0.15, 0.2) is 63.7 Å². The van der Waals surface area contributed by atoms with Gasteiger partial charge in [-0.3, -0.25) is 14.5 Å². The second kappa shape index (κ2) is 6.68. The van der Waals surface area contributed by atoms with Gasteiger partial charge in [0.2, 0.25) is 5.78 Å². The Labute approximate surface area is 163 Å². The molecule has 4 rings (SSSR count). The van der Waals surface area contributed by atoms with Crippen molar-refractivity contribution in [1.82, 2.24) is 5.16 Å². The number of thiophene rings is 1. The van der Waals surface area contributed by atoms with Gasteiger partial charge in [-0.1, -0.05) is 35.0 Å². The molecule has 6 nitrogen and oxygen atoms in total. The fourth-order valence-corrected chi connectivity index (χ4v) is 3.95. The summed E-state index contributed by atoms with van der Waals surface area (Å²) < 4.78 is 5.08. The molecule has 1 aromatic carbocycles. The van der Waals surface area contributed by atoms with E-state index in [9.17, 15) is 14.7 Å². The van der Waals surface area contributed by atoms with Crippen LogP contribution in [0, 0.1) is 6.92 Å². The van der Waals surface area contributed by atoms with Crippen LogP contribution in [0.3, 0.4) is 0 Å². The first-order valence-electron chi connectivity index (χ1n) is 8.01. The van der Waals surface area contributed by atoms with Gasteiger partial charge < -0.3 is 9.63 Å². The molecule has 0 spiro atoms. The Kier molecular flexibility index (Phi) is 4.33. The highest BCUT2D eigenvalue weighted by molar-refractivity contribution is 7.12. The summed E-state index contributed by atoms with van der Waals surface area (Å²) >= 11 is 7.36. The summed E-state index contributed by atoms with van der Waals surface area (Å²) in [6, 6.07) is 10.9. The Bertz CT molecular complexity index is 1070. The van der Waals surface area contributed by atoms with E-state index in [-0.39, 0.29) is 11.4 Å². The Hall–Kier alpha value is -2.90. The monoisotopic (exact) mass is 400 g/mol. The minimum Gasteiger partial charge on any atom is -0.503 e. The van der Waals surface area contributed by atoms with Crippen molar-refractivity contribution in [3.05, 3.63) is 80.4 Å². The molecule has 8 heteroatoms. The lowest BCUT2D eigenvalue weighted by molar-refractivity contribution is -0.117. The number of aliphatic hydroxyl groups excluding tert-OH is 1. The van der Waals surface area contributed by atoms with Crippen LogP contribution in [0.2, 0.25) is 5.02 Å². The fraction of sp³-hybridized carbons (Fsp3) is 0.105. The van der Waals surface area contributed by atoms with Crippen molar-refractivity contribution < 1.29 is 19.2 Å². The van der Waals surface area contributed by atoms with E-state index in [0.717, 1.165) is 0 Å². The number of amides is 1. The predicted molar refractivity (Wildman–Crippen MR) is 101 cm³/mol. The van der Waals surface area contributed by atoms with Crippen LogP contribution in [0.5, 0.6) is 0 Å². The molecular formula is C19H13ClN2O4S. The molecule has 136 valence electrons. The van der Waals surface area contributed by atoms with E-state index in [0.29, 0.717) is 21.2 Å². The Morgan fingerprint density at radius 2 is 2.11 bits per heavy atom. The first-order chi connectivity index (χ1) is 13.0. The SMILES string of the molecule is Cc1cc(N2C(=O)C(O)=C(C(=O)c3cccs3)[C@@H]2c2cccc(Cl)c2)no1. The van der Waals surface area contributed by atoms with Crippen LogP contribution >= 0.6 is 22.9 Å². The summed E-state index contributed by atoms with van der Waals surface area (Å²) in [7, 11) is 0. The minimum atomic E-state index is -0.865. The number of anilines is 1. The molecule has 3 aromatic rings. The number of benzene rings is 1. The van der Waals surface area contributed by atoms with Crippen molar-refractivity contribution in [2.24, 2.45) is 0 Å². The minimum absolute atomic E-state index is 0.00892. The molecule has 1 aliphatic heterocycles. The maximum Gasteiger partial charge on any atom is 0.295 e. The first-order valence-corrected chi connectivity index (χ1v) is 9.27. The van der Waals surface area contributed by atoms with Crippen LogP contribution in [0.4, 0.5) is 5.82 Å². The van der Waals surface area contributed by atoms with Crippen molar-refractivity contribution in [2.75, 3.05) is 4.90 Å². The van der Waals surface area contributed by atoms with Crippen molar-refractivity contribution in [3.8, 4) is 0 Å². The number of aromatic nitrogens is 1. The predicted octanol–water partition coefficient (Wildman–Crippen LogP) is 4.48. The zero-order valence-corrected chi connectivity index (χ0v) is 15.6. The van der Waals surface area contributed by atoms with Gasteiger partial charge in [-0.25, -0.2) is 0 Å². The molecular weight excluding hydrogens is 388 g/mol. The van der Waals surface area contributed by atoms with E-state index in [1.54, 1.807) is 54.8 Å². The number of rotatable bonds is 4. The van der Waals surface area contributed by atoms with Crippen LogP contribution in [-0.4, -0.2) is 22.0 Å². The van der Waals surface area contributed by atoms with Crippen LogP contribution in [0.25, 0.3) is 0 Å². The van der Waals surface area contributed by atoms with Gasteiger partial charge in [-0.05, 0) is 36.1 Å². The number of Topliss-reactive ketones (excluding diaryl/α,β-unsaturated/α-hetero) is 1. The summed E-state index contributed by atoms with van der Waals surface area (Å²) in [5.74, 6) is -1.01. The number of carbonyl (C=O) groups excluding carboxylic acids is 2. The van der Waals surface area contributed by atoms with Gasteiger partial charge in [0, 0.05) is 11.1 Å². The smallest absolute Gasteiger partial charge is 0.295 e. The fourth-order valence-electron chi connectivity index (χ4n) is 3.07. The molecule has 0 fully saturated rings. The Morgan fingerprint density at radius 1 is 1.30 bits per heavy atom. The quantitative estimate of drug-likeness (QED) is 0.653. The van der Waals surface area contributed by atoms with Crippen LogP contribution in [-0.2, 0) is 4.79 Å². The van der Waals surface area contributed by atoms with Crippen LogP contribution < -0.4 is 4.90 Å². The zero-order chi connectivity index (χ0) is 19.1. The standard InChI is InChI=1S/C19H13ClN2O4S/c1-10-8-14(21-26-10)22-16(11-4-2-5-12(20)9-11)15(18(24)19(22)25)17(23)13-6-3-7-27-13/h2-9,16,24H,1H3/t16-/m0/s1. The van der Waals surface area contributed by atoms with Crippen LogP contribution in [0.1, 0.15) is 27.0 Å². The van der Waals surface area contributed by atoms with E-state index >= 15 is 0 Å². The number of ketones is 1. The largest absolute Gasteiger partial charge is 0.503 e. The molecule has 1 atom stereocenters. The van der Waals surface area contributed by atoms with Crippen molar-refractivity contribution >= 4 is 40.4 Å². The molecule has 1 N–H and O–H groups in total. The topological polar surface area (TPSA) is 83.6 Å². The van der Waals surface area contributed by atoms with Gasteiger partial charge in [-0.2, -0.15) is 0 Å². The van der Waals surface area contributed by atoms with E-state index in [4.69, 9.17) is 16.1 Å². The second-order valence-corrected chi connectivity index (χ2v) is 7.38. The van der Waals surface area contributed by atoms with Gasteiger partial charge in [0.25, 0.3) is 5.91 Å². The average Bonchev–Trinajstić information content (AvgIpc) is 3.36. The summed E-state index contributed by atoms with van der Waals surface area (Å²) in [4.78, 5) is 27.5. The highest BCUT2D eigenvalue weighted by atomic mass is 35.5. The number of carbonyl (C=O) groups is 2. The van der Waals surface area contributed by atoms with Gasteiger partial charge in [0.15, 0.2) is 11.6 Å². The van der Waals surface area contributed by atoms with Crippen molar-refractivity contribution in [1.29, 1.82) is 0 Å². The maximum absolute atomic E-state index is 13.1. The van der Waals surface area contributed by atoms with E-state index in [1.165, 1.54) is 16.2 Å². The lowest BCUT2D eigenvalue weighted by Gasteiger charge is -2.24. The highest BCUT2D eigenvalue weighted by Gasteiger charge is 2.46. The maximum atomic E-state index is 13.1. The van der Waals surface area contributed by atoms with Gasteiger partial charge >= 0.3 is 0 Å². The molecule has 0 unspecified atom stereocenters. The number of aryl methyl sites for hydroxylation is 1. The molecule has 0 saturated heterocycles. The normalized spacial score (nSPS) is 17.0. The molecule has 0 radical (unpaired) electrons. The van der Waals surface area contributed by atoms with Gasteiger partial charge in [0.05, 0.1) is 16.5 Å². The second-order valence-electron chi connectivity index (χ2n) is 6.00. The van der Waals surface area contributed by atoms with E-state index < -0.39 is 23.5 Å². The number of hydrogen-bond acceptors (Lipinski definition) is 6. The number of hydrogen-bond donors (Lipinski definition) is 1. The number of aliphatic hydroxyl groups is 1. The average molecular weight is 401 g/mol.